The Morgan fingerprint density at radius 3 is 2.53 bits per heavy atom. The molecule has 2 aromatic heterocycles. The lowest BCUT2D eigenvalue weighted by molar-refractivity contribution is 0.209. The third-order valence-electron chi connectivity index (χ3n) is 6.56. The molecule has 1 aliphatic rings. The summed E-state index contributed by atoms with van der Waals surface area (Å²) in [5.74, 6) is 0.430. The highest BCUT2D eigenvalue weighted by Gasteiger charge is 2.24. The molecular weight excluding hydrogens is 451 g/mol. The van der Waals surface area contributed by atoms with E-state index in [1.165, 1.54) is 0 Å². The van der Waals surface area contributed by atoms with Gasteiger partial charge in [0, 0.05) is 67.8 Å². The quantitative estimate of drug-likeness (QED) is 0.379. The van der Waals surface area contributed by atoms with Crippen molar-refractivity contribution in [1.82, 2.24) is 19.5 Å². The third-order valence-corrected chi connectivity index (χ3v) is 6.80. The lowest BCUT2D eigenvalue weighted by Gasteiger charge is -2.39. The Balaban J connectivity index is 1.60. The van der Waals surface area contributed by atoms with Gasteiger partial charge in [0.2, 0.25) is 0 Å². The predicted molar refractivity (Wildman–Crippen MR) is 137 cm³/mol. The Labute approximate surface area is 204 Å². The van der Waals surface area contributed by atoms with Crippen LogP contribution >= 0.6 is 11.6 Å². The standard InChI is InChI=1S/C26H28ClFN6/c1-18(2)32-11-13-33(14-12-32)23-17-24(22(28)16-21(23)19-5-4-6-20(27)15-19)31(3)26-8-9-29-25-7-10-30-34(25)26/h4-10,15-18H,11-14H2,1-3H3. The molecule has 1 saturated heterocycles. The summed E-state index contributed by atoms with van der Waals surface area (Å²) in [6, 6.07) is 15.4. The van der Waals surface area contributed by atoms with E-state index < -0.39 is 0 Å². The van der Waals surface area contributed by atoms with Crippen molar-refractivity contribution in [3.8, 4) is 11.1 Å². The molecule has 0 unspecified atom stereocenters. The molecule has 0 N–H and O–H groups in total. The molecule has 1 aliphatic heterocycles. The number of nitrogens with zero attached hydrogens (tertiary/aromatic N) is 6. The van der Waals surface area contributed by atoms with Gasteiger partial charge in [0.05, 0.1) is 11.9 Å². The first-order valence-electron chi connectivity index (χ1n) is 11.5. The maximum Gasteiger partial charge on any atom is 0.157 e. The van der Waals surface area contributed by atoms with Crippen molar-refractivity contribution < 1.29 is 4.39 Å². The van der Waals surface area contributed by atoms with E-state index in [9.17, 15) is 0 Å². The van der Waals surface area contributed by atoms with E-state index in [0.29, 0.717) is 22.4 Å². The van der Waals surface area contributed by atoms with Crippen molar-refractivity contribution >= 4 is 34.4 Å². The minimum absolute atomic E-state index is 0.306. The van der Waals surface area contributed by atoms with Crippen LogP contribution in [0, 0.1) is 5.82 Å². The fourth-order valence-electron chi connectivity index (χ4n) is 4.63. The second-order valence-electron chi connectivity index (χ2n) is 8.91. The molecule has 4 aromatic rings. The predicted octanol–water partition coefficient (Wildman–Crippen LogP) is 5.49. The molecule has 1 fully saturated rings. The van der Waals surface area contributed by atoms with Gasteiger partial charge in [-0.15, -0.1) is 0 Å². The summed E-state index contributed by atoms with van der Waals surface area (Å²) in [7, 11) is 1.86. The SMILES string of the molecule is CC(C)N1CCN(c2cc(N(C)c3ccnc4ccnn34)c(F)cc2-c2cccc(Cl)c2)CC1. The van der Waals surface area contributed by atoms with Crippen LogP contribution in [-0.2, 0) is 0 Å². The van der Waals surface area contributed by atoms with Crippen molar-refractivity contribution in [2.24, 2.45) is 0 Å². The highest BCUT2D eigenvalue weighted by Crippen LogP contribution is 2.39. The third kappa shape index (κ3) is 4.21. The van der Waals surface area contributed by atoms with E-state index in [2.05, 4.69) is 33.7 Å². The highest BCUT2D eigenvalue weighted by atomic mass is 35.5. The number of benzene rings is 2. The molecule has 8 heteroatoms. The number of fused-ring (bicyclic) bond motifs is 1. The summed E-state index contributed by atoms with van der Waals surface area (Å²) in [5, 5.41) is 5.00. The summed E-state index contributed by atoms with van der Waals surface area (Å²) in [6.45, 7) is 8.13. The maximum atomic E-state index is 15.7. The number of hydrogen-bond acceptors (Lipinski definition) is 5. The first-order valence-corrected chi connectivity index (χ1v) is 11.9. The second kappa shape index (κ2) is 9.24. The molecule has 3 heterocycles. The van der Waals surface area contributed by atoms with Gasteiger partial charge in [0.1, 0.15) is 11.6 Å². The smallest absolute Gasteiger partial charge is 0.157 e. The molecule has 0 bridgehead atoms. The minimum Gasteiger partial charge on any atom is -0.368 e. The molecule has 0 atom stereocenters. The van der Waals surface area contributed by atoms with Gasteiger partial charge < -0.3 is 9.80 Å². The Morgan fingerprint density at radius 2 is 1.79 bits per heavy atom. The molecule has 176 valence electrons. The van der Waals surface area contributed by atoms with Crippen molar-refractivity contribution in [1.29, 1.82) is 0 Å². The molecule has 34 heavy (non-hydrogen) atoms. The van der Waals surface area contributed by atoms with Crippen molar-refractivity contribution in [2.45, 2.75) is 19.9 Å². The van der Waals surface area contributed by atoms with Crippen LogP contribution in [0.25, 0.3) is 16.8 Å². The molecular formula is C26H28ClFN6. The van der Waals surface area contributed by atoms with E-state index >= 15 is 4.39 Å². The Morgan fingerprint density at radius 1 is 1.00 bits per heavy atom. The molecule has 0 saturated carbocycles. The van der Waals surface area contributed by atoms with Crippen LogP contribution in [0.4, 0.5) is 21.6 Å². The van der Waals surface area contributed by atoms with Gasteiger partial charge in [-0.1, -0.05) is 23.7 Å². The number of rotatable bonds is 5. The number of piperazine rings is 1. The highest BCUT2D eigenvalue weighted by molar-refractivity contribution is 6.30. The van der Waals surface area contributed by atoms with Crippen LogP contribution in [0.2, 0.25) is 5.02 Å². The number of halogens is 2. The average Bonchev–Trinajstić information content (AvgIpc) is 3.33. The molecule has 0 amide bonds. The number of hydrogen-bond donors (Lipinski definition) is 0. The van der Waals surface area contributed by atoms with Crippen molar-refractivity contribution in [3.63, 3.8) is 0 Å². The summed E-state index contributed by atoms with van der Waals surface area (Å²) < 4.78 is 17.4. The Bertz CT molecular complexity index is 1310. The van der Waals surface area contributed by atoms with Crippen LogP contribution < -0.4 is 9.80 Å². The van der Waals surface area contributed by atoms with Gasteiger partial charge in [-0.2, -0.15) is 9.61 Å². The zero-order valence-corrected chi connectivity index (χ0v) is 20.4. The van der Waals surface area contributed by atoms with E-state index in [1.807, 2.05) is 54.4 Å². The molecule has 2 aromatic carbocycles. The zero-order chi connectivity index (χ0) is 23.8. The summed E-state index contributed by atoms with van der Waals surface area (Å²) >= 11 is 6.30. The molecule has 6 nitrogen and oxygen atoms in total. The van der Waals surface area contributed by atoms with Crippen LogP contribution in [0.5, 0.6) is 0 Å². The monoisotopic (exact) mass is 478 g/mol. The van der Waals surface area contributed by atoms with Gasteiger partial charge in [-0.3, -0.25) is 4.90 Å². The number of aromatic nitrogens is 3. The van der Waals surface area contributed by atoms with E-state index in [4.69, 9.17) is 11.6 Å². The second-order valence-corrected chi connectivity index (χ2v) is 9.35. The topological polar surface area (TPSA) is 39.9 Å². The number of anilines is 3. The van der Waals surface area contributed by atoms with E-state index in [-0.39, 0.29) is 5.82 Å². The van der Waals surface area contributed by atoms with Crippen LogP contribution in [0.3, 0.4) is 0 Å². The molecule has 0 radical (unpaired) electrons. The largest absolute Gasteiger partial charge is 0.368 e. The van der Waals surface area contributed by atoms with Crippen molar-refractivity contribution in [3.05, 3.63) is 71.8 Å². The summed E-state index contributed by atoms with van der Waals surface area (Å²) in [5.41, 5.74) is 3.94. The maximum absolute atomic E-state index is 15.7. The van der Waals surface area contributed by atoms with E-state index in [1.54, 1.807) is 23.0 Å². The minimum atomic E-state index is -0.306. The lowest BCUT2D eigenvalue weighted by atomic mass is 10.0. The van der Waals surface area contributed by atoms with E-state index in [0.717, 1.165) is 48.8 Å². The lowest BCUT2D eigenvalue weighted by Crippen LogP contribution is -2.49. The average molecular weight is 479 g/mol. The van der Waals surface area contributed by atoms with Crippen LogP contribution in [-0.4, -0.2) is 58.8 Å². The van der Waals surface area contributed by atoms with Gasteiger partial charge in [-0.05, 0) is 49.7 Å². The van der Waals surface area contributed by atoms with Gasteiger partial charge in [-0.25, -0.2) is 9.37 Å². The van der Waals surface area contributed by atoms with Crippen LogP contribution in [0.1, 0.15) is 13.8 Å². The Kier molecular flexibility index (Phi) is 6.15. The van der Waals surface area contributed by atoms with Gasteiger partial charge in [0.15, 0.2) is 5.65 Å². The van der Waals surface area contributed by atoms with Gasteiger partial charge in [0.25, 0.3) is 0 Å². The molecule has 0 spiro atoms. The fourth-order valence-corrected chi connectivity index (χ4v) is 4.83. The summed E-state index contributed by atoms with van der Waals surface area (Å²) in [4.78, 5) is 11.0. The van der Waals surface area contributed by atoms with Crippen molar-refractivity contribution in [2.75, 3.05) is 43.0 Å². The van der Waals surface area contributed by atoms with Gasteiger partial charge >= 0.3 is 0 Å². The molecule has 5 rings (SSSR count). The normalized spacial score (nSPS) is 14.8. The van der Waals surface area contributed by atoms with Crippen LogP contribution in [0.15, 0.2) is 60.9 Å². The first-order chi connectivity index (χ1) is 16.4. The summed E-state index contributed by atoms with van der Waals surface area (Å²) in [6.07, 6.45) is 3.41. The zero-order valence-electron chi connectivity index (χ0n) is 19.6. The Hall–Kier alpha value is -3.16. The molecule has 0 aliphatic carbocycles. The fraction of sp³-hybridized carbons (Fsp3) is 0.308. The first kappa shape index (κ1) is 22.6.